The van der Waals surface area contributed by atoms with Crippen molar-refractivity contribution in [2.75, 3.05) is 26.2 Å². The Bertz CT molecular complexity index is 1070. The van der Waals surface area contributed by atoms with Crippen molar-refractivity contribution >= 4 is 29.4 Å². The monoisotopic (exact) mass is 456 g/mol. The fourth-order valence-corrected chi connectivity index (χ4v) is 3.89. The summed E-state index contributed by atoms with van der Waals surface area (Å²) >= 11 is 6.02. The first-order valence-electron chi connectivity index (χ1n) is 10.2. The van der Waals surface area contributed by atoms with Crippen molar-refractivity contribution in [2.24, 2.45) is 0 Å². The highest BCUT2D eigenvalue weighted by molar-refractivity contribution is 6.31. The van der Waals surface area contributed by atoms with Gasteiger partial charge in [0.25, 0.3) is 11.8 Å². The van der Waals surface area contributed by atoms with Crippen molar-refractivity contribution in [1.29, 1.82) is 0 Å². The average molecular weight is 457 g/mol. The molecular formula is C23H25ClN4O4. The van der Waals surface area contributed by atoms with Crippen molar-refractivity contribution < 1.29 is 19.1 Å². The standard InChI is InChI=1S/C23H25ClN4O4/c1-5-11-32-23(31)19-15(3)25-16(4)26-20(19)22(30)27-9-10-28(14(2)13-27)21(29)17-7-6-8-18(24)12-17/h5-8,12,14H,1,9-11,13H2,2-4H3. The smallest absolute Gasteiger partial charge is 0.342 e. The van der Waals surface area contributed by atoms with Crippen LogP contribution >= 0.6 is 11.6 Å². The maximum atomic E-state index is 13.3. The minimum Gasteiger partial charge on any atom is -0.458 e. The molecule has 8 nitrogen and oxygen atoms in total. The van der Waals surface area contributed by atoms with Gasteiger partial charge in [0.2, 0.25) is 0 Å². The number of carbonyl (C=O) groups is 3. The molecule has 2 amide bonds. The average Bonchev–Trinajstić information content (AvgIpc) is 2.75. The van der Waals surface area contributed by atoms with Crippen LogP contribution in [0.25, 0.3) is 0 Å². The van der Waals surface area contributed by atoms with Crippen LogP contribution in [-0.4, -0.2) is 69.8 Å². The molecule has 1 saturated heterocycles. The van der Waals surface area contributed by atoms with E-state index in [1.54, 1.807) is 47.9 Å². The van der Waals surface area contributed by atoms with Crippen LogP contribution in [-0.2, 0) is 4.74 Å². The third-order valence-corrected chi connectivity index (χ3v) is 5.42. The highest BCUT2D eigenvalue weighted by atomic mass is 35.5. The van der Waals surface area contributed by atoms with Gasteiger partial charge in [-0.3, -0.25) is 9.59 Å². The SMILES string of the molecule is C=CCOC(=O)c1c(C)nc(C)nc1C(=O)N1CCN(C(=O)c2cccc(Cl)c2)C(C)C1. The molecule has 0 saturated carbocycles. The number of ether oxygens (including phenoxy) is 1. The van der Waals surface area contributed by atoms with Crippen molar-refractivity contribution in [3.05, 3.63) is 70.3 Å². The number of rotatable bonds is 5. The first-order valence-corrected chi connectivity index (χ1v) is 10.6. The minimum atomic E-state index is -0.673. The summed E-state index contributed by atoms with van der Waals surface area (Å²) in [7, 11) is 0. The van der Waals surface area contributed by atoms with Crippen LogP contribution in [0.2, 0.25) is 5.02 Å². The zero-order valence-corrected chi connectivity index (χ0v) is 19.1. The molecule has 1 fully saturated rings. The molecule has 1 unspecified atom stereocenters. The molecule has 32 heavy (non-hydrogen) atoms. The lowest BCUT2D eigenvalue weighted by atomic mass is 10.1. The largest absolute Gasteiger partial charge is 0.458 e. The summed E-state index contributed by atoms with van der Waals surface area (Å²) in [6, 6.07) is 6.54. The second-order valence-corrected chi connectivity index (χ2v) is 8.01. The van der Waals surface area contributed by atoms with E-state index in [1.807, 2.05) is 6.92 Å². The quantitative estimate of drug-likeness (QED) is 0.507. The molecule has 3 rings (SSSR count). The molecule has 1 aromatic carbocycles. The number of amides is 2. The Hall–Kier alpha value is -3.26. The normalized spacial score (nSPS) is 15.9. The van der Waals surface area contributed by atoms with E-state index in [9.17, 15) is 14.4 Å². The number of aryl methyl sites for hydroxylation is 2. The highest BCUT2D eigenvalue weighted by Crippen LogP contribution is 2.20. The van der Waals surface area contributed by atoms with Gasteiger partial charge in [-0.25, -0.2) is 14.8 Å². The molecule has 1 aromatic heterocycles. The van der Waals surface area contributed by atoms with Gasteiger partial charge in [0.05, 0.1) is 5.69 Å². The van der Waals surface area contributed by atoms with E-state index >= 15 is 0 Å². The van der Waals surface area contributed by atoms with Crippen molar-refractivity contribution in [2.45, 2.75) is 26.8 Å². The molecule has 9 heteroatoms. The zero-order chi connectivity index (χ0) is 23.4. The van der Waals surface area contributed by atoms with E-state index in [1.165, 1.54) is 6.08 Å². The van der Waals surface area contributed by atoms with E-state index in [2.05, 4.69) is 16.5 Å². The molecule has 0 radical (unpaired) electrons. The first kappa shape index (κ1) is 23.4. The second-order valence-electron chi connectivity index (χ2n) is 7.58. The van der Waals surface area contributed by atoms with Crippen molar-refractivity contribution in [3.63, 3.8) is 0 Å². The second kappa shape index (κ2) is 9.91. The van der Waals surface area contributed by atoms with Crippen LogP contribution in [0, 0.1) is 13.8 Å². The Morgan fingerprint density at radius 1 is 1.22 bits per heavy atom. The van der Waals surface area contributed by atoms with Crippen molar-refractivity contribution in [1.82, 2.24) is 19.8 Å². The van der Waals surface area contributed by atoms with Gasteiger partial charge < -0.3 is 14.5 Å². The van der Waals surface area contributed by atoms with E-state index < -0.39 is 11.9 Å². The third-order valence-electron chi connectivity index (χ3n) is 5.19. The minimum absolute atomic E-state index is 0.00544. The number of aromatic nitrogens is 2. The Kier molecular flexibility index (Phi) is 7.25. The summed E-state index contributed by atoms with van der Waals surface area (Å²) in [6.07, 6.45) is 1.45. The number of halogens is 1. The fraction of sp³-hybridized carbons (Fsp3) is 0.348. The summed E-state index contributed by atoms with van der Waals surface area (Å²) in [6.45, 7) is 9.66. The lowest BCUT2D eigenvalue weighted by Gasteiger charge is -2.40. The Morgan fingerprint density at radius 2 is 1.97 bits per heavy atom. The van der Waals surface area contributed by atoms with Crippen LogP contribution in [0.4, 0.5) is 0 Å². The molecule has 2 heterocycles. The molecule has 0 spiro atoms. The number of nitrogens with zero attached hydrogens (tertiary/aromatic N) is 4. The van der Waals surface area contributed by atoms with Gasteiger partial charge in [-0.1, -0.05) is 30.3 Å². The maximum Gasteiger partial charge on any atom is 0.342 e. The number of hydrogen-bond acceptors (Lipinski definition) is 6. The number of carbonyl (C=O) groups excluding carboxylic acids is 3. The first-order chi connectivity index (χ1) is 15.2. The molecule has 0 N–H and O–H groups in total. The molecule has 1 aliphatic rings. The molecule has 1 aliphatic heterocycles. The summed E-state index contributed by atoms with van der Waals surface area (Å²) in [5.41, 5.74) is 0.926. The number of benzene rings is 1. The number of piperazine rings is 1. The maximum absolute atomic E-state index is 13.3. The number of hydrogen-bond donors (Lipinski definition) is 0. The van der Waals surface area contributed by atoms with Crippen LogP contribution in [0.1, 0.15) is 49.6 Å². The van der Waals surface area contributed by atoms with Gasteiger partial charge >= 0.3 is 5.97 Å². The Labute approximate surface area is 191 Å². The van der Waals surface area contributed by atoms with Gasteiger partial charge in [-0.05, 0) is 39.0 Å². The summed E-state index contributed by atoms with van der Waals surface area (Å²) < 4.78 is 5.13. The van der Waals surface area contributed by atoms with Crippen LogP contribution in [0.3, 0.4) is 0 Å². The lowest BCUT2D eigenvalue weighted by molar-refractivity contribution is 0.0406. The number of esters is 1. The topological polar surface area (TPSA) is 92.7 Å². The molecule has 168 valence electrons. The van der Waals surface area contributed by atoms with Gasteiger partial charge in [0, 0.05) is 36.3 Å². The van der Waals surface area contributed by atoms with E-state index in [0.29, 0.717) is 41.7 Å². The van der Waals surface area contributed by atoms with E-state index in [4.69, 9.17) is 16.3 Å². The van der Waals surface area contributed by atoms with Gasteiger partial charge in [-0.15, -0.1) is 0 Å². The van der Waals surface area contributed by atoms with E-state index in [-0.39, 0.29) is 29.8 Å². The summed E-state index contributed by atoms with van der Waals surface area (Å²) in [5, 5.41) is 0.489. The third kappa shape index (κ3) is 4.96. The molecular weight excluding hydrogens is 432 g/mol. The van der Waals surface area contributed by atoms with E-state index in [0.717, 1.165) is 0 Å². The van der Waals surface area contributed by atoms with Gasteiger partial charge in [0.15, 0.2) is 0 Å². The van der Waals surface area contributed by atoms with Gasteiger partial charge in [0.1, 0.15) is 23.7 Å². The van der Waals surface area contributed by atoms with Crippen LogP contribution < -0.4 is 0 Å². The summed E-state index contributed by atoms with van der Waals surface area (Å²) in [4.78, 5) is 50.6. The van der Waals surface area contributed by atoms with Crippen molar-refractivity contribution in [3.8, 4) is 0 Å². The Balaban J connectivity index is 1.81. The molecule has 0 bridgehead atoms. The molecule has 1 atom stereocenters. The lowest BCUT2D eigenvalue weighted by Crippen LogP contribution is -2.55. The fourth-order valence-electron chi connectivity index (χ4n) is 3.70. The molecule has 0 aliphatic carbocycles. The van der Waals surface area contributed by atoms with Crippen LogP contribution in [0.15, 0.2) is 36.9 Å². The van der Waals surface area contributed by atoms with Gasteiger partial charge in [-0.2, -0.15) is 0 Å². The summed E-state index contributed by atoms with van der Waals surface area (Å²) in [5.74, 6) is -0.831. The predicted molar refractivity (Wildman–Crippen MR) is 120 cm³/mol. The van der Waals surface area contributed by atoms with Crippen LogP contribution in [0.5, 0.6) is 0 Å². The zero-order valence-electron chi connectivity index (χ0n) is 18.3. The predicted octanol–water partition coefficient (Wildman–Crippen LogP) is 3.08. The molecule has 2 aromatic rings. The highest BCUT2D eigenvalue weighted by Gasteiger charge is 2.34. The Morgan fingerprint density at radius 3 is 2.62 bits per heavy atom.